The van der Waals surface area contributed by atoms with E-state index in [0.29, 0.717) is 17.1 Å². The summed E-state index contributed by atoms with van der Waals surface area (Å²) in [7, 11) is 0. The Labute approximate surface area is 117 Å². The van der Waals surface area contributed by atoms with Gasteiger partial charge in [0.1, 0.15) is 5.78 Å². The van der Waals surface area contributed by atoms with Gasteiger partial charge in [0.15, 0.2) is 0 Å². The second-order valence-corrected chi connectivity index (χ2v) is 8.29. The van der Waals surface area contributed by atoms with Crippen LogP contribution in [0.1, 0.15) is 59.3 Å². The second-order valence-electron chi connectivity index (χ2n) is 8.29. The fourth-order valence-electron chi connectivity index (χ4n) is 4.61. The Hall–Kier alpha value is -0.370. The number of hydrogen-bond acceptors (Lipinski definition) is 2. The van der Waals surface area contributed by atoms with Crippen LogP contribution in [0.15, 0.2) is 0 Å². The van der Waals surface area contributed by atoms with E-state index >= 15 is 0 Å². The van der Waals surface area contributed by atoms with E-state index in [0.717, 1.165) is 43.7 Å². The van der Waals surface area contributed by atoms with Crippen molar-refractivity contribution >= 4 is 5.78 Å². The molecule has 0 aromatic rings. The first kappa shape index (κ1) is 13.6. The molecule has 2 aliphatic carbocycles. The zero-order chi connectivity index (χ0) is 13.6. The number of hydrogen-bond donors (Lipinski definition) is 0. The van der Waals surface area contributed by atoms with Crippen LogP contribution in [0.5, 0.6) is 0 Å². The Morgan fingerprint density at radius 1 is 1.16 bits per heavy atom. The molecule has 0 aromatic carbocycles. The number of carbonyl (C=O) groups is 1. The summed E-state index contributed by atoms with van der Waals surface area (Å²) in [6.07, 6.45) is 7.30. The Morgan fingerprint density at radius 2 is 1.95 bits per heavy atom. The highest BCUT2D eigenvalue weighted by Gasteiger charge is 2.41. The number of rotatable bonds is 2. The predicted octanol–water partition coefficient (Wildman–Crippen LogP) is 3.50. The van der Waals surface area contributed by atoms with Crippen molar-refractivity contribution in [2.24, 2.45) is 23.2 Å². The molecule has 0 spiro atoms. The molecule has 0 amide bonds. The lowest BCUT2D eigenvalue weighted by molar-refractivity contribution is -0.127. The van der Waals surface area contributed by atoms with Gasteiger partial charge >= 0.3 is 0 Å². The number of piperidine rings is 1. The second kappa shape index (κ2) is 4.87. The summed E-state index contributed by atoms with van der Waals surface area (Å²) in [5.41, 5.74) is 0.364. The van der Waals surface area contributed by atoms with Crippen LogP contribution in [0.2, 0.25) is 0 Å². The number of ketones is 1. The zero-order valence-electron chi connectivity index (χ0n) is 12.8. The van der Waals surface area contributed by atoms with Gasteiger partial charge in [-0.05, 0) is 49.4 Å². The van der Waals surface area contributed by atoms with Gasteiger partial charge in [-0.15, -0.1) is 0 Å². The molecule has 0 aromatic heterocycles. The summed E-state index contributed by atoms with van der Waals surface area (Å²) < 4.78 is 0. The van der Waals surface area contributed by atoms with E-state index in [4.69, 9.17) is 0 Å². The van der Waals surface area contributed by atoms with Crippen LogP contribution in [-0.2, 0) is 4.79 Å². The molecule has 2 heteroatoms. The molecular formula is C17H29NO. The standard InChI is InChI=1S/C17H29NO/c1-17(2,3)14-5-7-16(19)13(9-14)11-18-10-12-4-6-15(18)8-12/h12-15H,4-11H2,1-3H3. The quantitative estimate of drug-likeness (QED) is 0.760. The maximum absolute atomic E-state index is 12.2. The first-order valence-electron chi connectivity index (χ1n) is 8.20. The molecule has 3 aliphatic rings. The van der Waals surface area contributed by atoms with Gasteiger partial charge in [0, 0.05) is 31.5 Å². The molecule has 108 valence electrons. The van der Waals surface area contributed by atoms with Crippen LogP contribution >= 0.6 is 0 Å². The van der Waals surface area contributed by atoms with Gasteiger partial charge in [0.25, 0.3) is 0 Å². The van der Waals surface area contributed by atoms with Gasteiger partial charge in [0.05, 0.1) is 0 Å². The van der Waals surface area contributed by atoms with Crippen molar-refractivity contribution in [3.63, 3.8) is 0 Å². The van der Waals surface area contributed by atoms with Crippen molar-refractivity contribution in [1.82, 2.24) is 4.90 Å². The largest absolute Gasteiger partial charge is 0.299 e. The van der Waals surface area contributed by atoms with E-state index in [2.05, 4.69) is 25.7 Å². The van der Waals surface area contributed by atoms with Crippen LogP contribution < -0.4 is 0 Å². The molecule has 1 heterocycles. The Balaban J connectivity index is 1.61. The topological polar surface area (TPSA) is 20.3 Å². The molecular weight excluding hydrogens is 234 g/mol. The van der Waals surface area contributed by atoms with Crippen molar-refractivity contribution in [3.8, 4) is 0 Å². The van der Waals surface area contributed by atoms with Gasteiger partial charge in [-0.1, -0.05) is 20.8 Å². The number of nitrogens with zero attached hydrogens (tertiary/aromatic N) is 1. The molecule has 1 aliphatic heterocycles. The number of carbonyl (C=O) groups excluding carboxylic acids is 1. The molecule has 1 saturated heterocycles. The molecule has 4 atom stereocenters. The summed E-state index contributed by atoms with van der Waals surface area (Å²) in [6.45, 7) is 9.34. The Kier molecular flexibility index (Phi) is 3.49. The van der Waals surface area contributed by atoms with Crippen LogP contribution in [0.25, 0.3) is 0 Å². The minimum Gasteiger partial charge on any atom is -0.299 e. The van der Waals surface area contributed by atoms with E-state index in [-0.39, 0.29) is 0 Å². The highest BCUT2D eigenvalue weighted by atomic mass is 16.1. The van der Waals surface area contributed by atoms with E-state index in [9.17, 15) is 4.79 Å². The third-order valence-electron chi connectivity index (χ3n) is 5.97. The fraction of sp³-hybridized carbons (Fsp3) is 0.941. The van der Waals surface area contributed by atoms with Gasteiger partial charge in [-0.25, -0.2) is 0 Å². The van der Waals surface area contributed by atoms with E-state index in [1.807, 2.05) is 0 Å². The summed E-state index contributed by atoms with van der Waals surface area (Å²) in [5, 5.41) is 0. The predicted molar refractivity (Wildman–Crippen MR) is 78.0 cm³/mol. The van der Waals surface area contributed by atoms with Gasteiger partial charge < -0.3 is 0 Å². The summed E-state index contributed by atoms with van der Waals surface area (Å²) >= 11 is 0. The zero-order valence-corrected chi connectivity index (χ0v) is 12.8. The Bertz CT molecular complexity index is 357. The first-order valence-corrected chi connectivity index (χ1v) is 8.20. The molecule has 4 unspecified atom stereocenters. The fourth-order valence-corrected chi connectivity index (χ4v) is 4.61. The van der Waals surface area contributed by atoms with Crippen LogP contribution in [-0.4, -0.2) is 29.8 Å². The minimum atomic E-state index is 0.331. The lowest BCUT2D eigenvalue weighted by atomic mass is 9.68. The summed E-state index contributed by atoms with van der Waals surface area (Å²) in [6, 6.07) is 0.813. The summed E-state index contributed by atoms with van der Waals surface area (Å²) in [5.74, 6) is 2.55. The lowest BCUT2D eigenvalue weighted by Gasteiger charge is -2.39. The number of fused-ring (bicyclic) bond motifs is 2. The van der Waals surface area contributed by atoms with Crippen molar-refractivity contribution in [2.75, 3.05) is 13.1 Å². The van der Waals surface area contributed by atoms with Crippen molar-refractivity contribution < 1.29 is 4.79 Å². The average molecular weight is 263 g/mol. The smallest absolute Gasteiger partial charge is 0.137 e. The summed E-state index contributed by atoms with van der Waals surface area (Å²) in [4.78, 5) is 14.9. The van der Waals surface area contributed by atoms with E-state index in [1.165, 1.54) is 25.8 Å². The average Bonchev–Trinajstić information content (AvgIpc) is 2.92. The minimum absolute atomic E-state index is 0.331. The van der Waals surface area contributed by atoms with Crippen LogP contribution in [0.4, 0.5) is 0 Å². The van der Waals surface area contributed by atoms with Crippen molar-refractivity contribution in [2.45, 2.75) is 65.3 Å². The third-order valence-corrected chi connectivity index (χ3v) is 5.97. The van der Waals surface area contributed by atoms with Gasteiger partial charge in [0.2, 0.25) is 0 Å². The van der Waals surface area contributed by atoms with Crippen LogP contribution in [0, 0.1) is 23.2 Å². The van der Waals surface area contributed by atoms with Crippen molar-refractivity contribution in [3.05, 3.63) is 0 Å². The molecule has 19 heavy (non-hydrogen) atoms. The highest BCUT2D eigenvalue weighted by Crippen LogP contribution is 2.42. The van der Waals surface area contributed by atoms with E-state index in [1.54, 1.807) is 0 Å². The molecule has 0 N–H and O–H groups in total. The molecule has 3 fully saturated rings. The van der Waals surface area contributed by atoms with Gasteiger partial charge in [-0.2, -0.15) is 0 Å². The maximum atomic E-state index is 12.2. The Morgan fingerprint density at radius 3 is 2.53 bits per heavy atom. The monoisotopic (exact) mass is 263 g/mol. The maximum Gasteiger partial charge on any atom is 0.137 e. The lowest BCUT2D eigenvalue weighted by Crippen LogP contribution is -2.42. The highest BCUT2D eigenvalue weighted by molar-refractivity contribution is 5.82. The van der Waals surface area contributed by atoms with E-state index < -0.39 is 0 Å². The SMILES string of the molecule is CC(C)(C)C1CCC(=O)C(CN2CC3CCC2C3)C1. The molecule has 2 bridgehead atoms. The number of likely N-dealkylation sites (tertiary alicyclic amines) is 1. The molecule has 0 radical (unpaired) electrons. The first-order chi connectivity index (χ1) is 8.93. The molecule has 2 saturated carbocycles. The normalized spacial score (nSPS) is 40.1. The number of Topliss-reactive ketones (excluding diaryl/α,β-unsaturated/α-hetero) is 1. The molecule has 2 nitrogen and oxygen atoms in total. The third kappa shape index (κ3) is 2.74. The van der Waals surface area contributed by atoms with Gasteiger partial charge in [-0.3, -0.25) is 9.69 Å². The van der Waals surface area contributed by atoms with Crippen LogP contribution in [0.3, 0.4) is 0 Å². The van der Waals surface area contributed by atoms with Crippen molar-refractivity contribution in [1.29, 1.82) is 0 Å². The molecule has 3 rings (SSSR count).